The van der Waals surface area contributed by atoms with Crippen molar-refractivity contribution in [2.24, 2.45) is 0 Å². The third-order valence-corrected chi connectivity index (χ3v) is 4.01. The Morgan fingerprint density at radius 1 is 1.17 bits per heavy atom. The number of fused-ring (bicyclic) bond motifs is 1. The lowest BCUT2D eigenvalue weighted by molar-refractivity contribution is -0.384. The fourth-order valence-corrected chi connectivity index (χ4v) is 2.63. The number of aromatic amines is 1. The van der Waals surface area contributed by atoms with E-state index < -0.39 is 10.5 Å². The summed E-state index contributed by atoms with van der Waals surface area (Å²) in [7, 11) is 0. The summed E-state index contributed by atoms with van der Waals surface area (Å²) in [5, 5.41) is 11.9. The minimum atomic E-state index is -0.576. The summed E-state index contributed by atoms with van der Waals surface area (Å²) in [5.74, 6) is -0.0727. The normalized spacial score (nSPS) is 10.9. The Labute approximate surface area is 138 Å². The van der Waals surface area contributed by atoms with Gasteiger partial charge in [0.2, 0.25) is 5.95 Å². The monoisotopic (exact) mass is 350 g/mol. The molecule has 0 amide bonds. The number of nitrogens with two attached hydrogens (primary N) is 1. The van der Waals surface area contributed by atoms with Crippen molar-refractivity contribution in [2.75, 3.05) is 5.73 Å². The van der Waals surface area contributed by atoms with Gasteiger partial charge in [-0.15, -0.1) is 0 Å². The molecule has 9 heteroatoms. The molecule has 0 atom stereocenters. The van der Waals surface area contributed by atoms with Crippen molar-refractivity contribution in [3.63, 3.8) is 0 Å². The van der Waals surface area contributed by atoms with Crippen LogP contribution >= 0.6 is 23.2 Å². The average Bonchev–Trinajstić information content (AvgIpc) is 2.48. The van der Waals surface area contributed by atoms with Gasteiger partial charge in [-0.3, -0.25) is 19.9 Å². The largest absolute Gasteiger partial charge is 0.369 e. The third kappa shape index (κ3) is 2.60. The summed E-state index contributed by atoms with van der Waals surface area (Å²) in [6, 6.07) is 7.15. The van der Waals surface area contributed by atoms with E-state index >= 15 is 0 Å². The minimum absolute atomic E-state index is 0.0618. The summed E-state index contributed by atoms with van der Waals surface area (Å²) in [4.78, 5) is 29.4. The Morgan fingerprint density at radius 3 is 2.57 bits per heavy atom. The maximum absolute atomic E-state index is 12.3. The Morgan fingerprint density at radius 2 is 1.91 bits per heavy atom. The molecular formula is C14H8Cl2N4O3. The van der Waals surface area contributed by atoms with E-state index in [1.807, 2.05) is 0 Å². The molecule has 0 aliphatic heterocycles. The van der Waals surface area contributed by atoms with E-state index in [9.17, 15) is 14.9 Å². The van der Waals surface area contributed by atoms with Crippen molar-refractivity contribution < 1.29 is 4.92 Å². The van der Waals surface area contributed by atoms with Gasteiger partial charge in [0.25, 0.3) is 11.2 Å². The maximum Gasteiger partial charge on any atom is 0.278 e. The molecule has 2 aromatic carbocycles. The van der Waals surface area contributed by atoms with Gasteiger partial charge in [-0.25, -0.2) is 4.98 Å². The molecule has 1 heterocycles. The second-order valence-electron chi connectivity index (χ2n) is 4.69. The van der Waals surface area contributed by atoms with Crippen LogP contribution in [-0.2, 0) is 0 Å². The van der Waals surface area contributed by atoms with Crippen molar-refractivity contribution in [1.82, 2.24) is 9.97 Å². The van der Waals surface area contributed by atoms with Gasteiger partial charge in [0, 0.05) is 6.07 Å². The lowest BCUT2D eigenvalue weighted by atomic mass is 9.99. The predicted molar refractivity (Wildman–Crippen MR) is 88.9 cm³/mol. The first-order chi connectivity index (χ1) is 10.9. The Bertz CT molecular complexity index is 1020. The van der Waals surface area contributed by atoms with Crippen molar-refractivity contribution >= 4 is 45.7 Å². The quantitative estimate of drug-likeness (QED) is 0.542. The Kier molecular flexibility index (Phi) is 3.67. The number of benzene rings is 2. The van der Waals surface area contributed by atoms with E-state index in [1.54, 1.807) is 6.07 Å². The zero-order chi connectivity index (χ0) is 16.7. The van der Waals surface area contributed by atoms with E-state index in [1.165, 1.54) is 24.3 Å². The van der Waals surface area contributed by atoms with Crippen molar-refractivity contribution in [3.8, 4) is 11.1 Å². The van der Waals surface area contributed by atoms with Gasteiger partial charge in [-0.2, -0.15) is 0 Å². The molecule has 23 heavy (non-hydrogen) atoms. The molecule has 7 nitrogen and oxygen atoms in total. The fourth-order valence-electron chi connectivity index (χ4n) is 2.34. The third-order valence-electron chi connectivity index (χ3n) is 3.28. The van der Waals surface area contributed by atoms with Crippen molar-refractivity contribution in [2.45, 2.75) is 0 Å². The maximum atomic E-state index is 12.3. The highest BCUT2D eigenvalue weighted by molar-refractivity contribution is 6.42. The van der Waals surface area contributed by atoms with Crippen molar-refractivity contribution in [1.29, 1.82) is 0 Å². The second kappa shape index (κ2) is 5.53. The van der Waals surface area contributed by atoms with E-state index in [0.717, 1.165) is 0 Å². The van der Waals surface area contributed by atoms with Gasteiger partial charge in [0.15, 0.2) is 0 Å². The number of nitrogens with one attached hydrogen (secondary N) is 1. The summed E-state index contributed by atoms with van der Waals surface area (Å²) in [6.07, 6.45) is 0. The summed E-state index contributed by atoms with van der Waals surface area (Å²) >= 11 is 11.9. The molecule has 0 radical (unpaired) electrons. The van der Waals surface area contributed by atoms with Crippen LogP contribution in [0.5, 0.6) is 0 Å². The van der Waals surface area contributed by atoms with Gasteiger partial charge in [0.05, 0.1) is 31.4 Å². The highest BCUT2D eigenvalue weighted by Crippen LogP contribution is 2.37. The summed E-state index contributed by atoms with van der Waals surface area (Å²) < 4.78 is 0. The number of nitro groups is 1. The van der Waals surface area contributed by atoms with Crippen LogP contribution in [0.25, 0.3) is 22.0 Å². The number of H-pyrrole nitrogens is 1. The number of nitrogens with zero attached hydrogens (tertiary/aromatic N) is 2. The summed E-state index contributed by atoms with van der Waals surface area (Å²) in [5.41, 5.74) is 5.44. The first kappa shape index (κ1) is 15.3. The topological polar surface area (TPSA) is 115 Å². The first-order valence-electron chi connectivity index (χ1n) is 6.31. The number of nitrogen functional groups attached to an aromatic ring is 1. The number of rotatable bonds is 2. The highest BCUT2D eigenvalue weighted by Gasteiger charge is 2.22. The smallest absolute Gasteiger partial charge is 0.278 e. The van der Waals surface area contributed by atoms with Gasteiger partial charge in [0.1, 0.15) is 0 Å². The Balaban J connectivity index is 2.49. The van der Waals surface area contributed by atoms with Crippen LogP contribution in [-0.4, -0.2) is 14.9 Å². The molecule has 0 aliphatic carbocycles. The van der Waals surface area contributed by atoms with Gasteiger partial charge in [-0.05, 0) is 23.8 Å². The number of halogens is 2. The van der Waals surface area contributed by atoms with Crippen LogP contribution in [0.15, 0.2) is 35.1 Å². The fraction of sp³-hybridized carbons (Fsp3) is 0. The number of anilines is 1. The molecule has 0 fully saturated rings. The lowest BCUT2D eigenvalue weighted by Crippen LogP contribution is -2.13. The van der Waals surface area contributed by atoms with Crippen LogP contribution in [0.3, 0.4) is 0 Å². The molecule has 116 valence electrons. The Hall–Kier alpha value is -2.64. The standard InChI is InChI=1S/C14H8Cl2N4O3/c15-7-2-1-6(5-8(7)16)11-10(20(22)23)4-3-9-12(11)13(21)19-14(17)18-9/h1-5H,(H3,17,18,19,21). The molecule has 0 saturated heterocycles. The van der Waals surface area contributed by atoms with Crippen molar-refractivity contribution in [3.05, 3.63) is 60.8 Å². The van der Waals surface area contributed by atoms with E-state index in [-0.39, 0.29) is 33.1 Å². The molecule has 0 saturated carbocycles. The number of aromatic nitrogens is 2. The van der Waals surface area contributed by atoms with Crippen LogP contribution < -0.4 is 11.3 Å². The lowest BCUT2D eigenvalue weighted by Gasteiger charge is -2.08. The zero-order valence-electron chi connectivity index (χ0n) is 11.3. The van der Waals surface area contributed by atoms with Gasteiger partial charge < -0.3 is 5.73 Å². The molecule has 3 N–H and O–H groups in total. The van der Waals surface area contributed by atoms with Crippen LogP contribution in [0.4, 0.5) is 11.6 Å². The predicted octanol–water partition coefficient (Wildman–Crippen LogP) is 3.39. The highest BCUT2D eigenvalue weighted by atomic mass is 35.5. The second-order valence-corrected chi connectivity index (χ2v) is 5.51. The van der Waals surface area contributed by atoms with Crippen LogP contribution in [0, 0.1) is 10.1 Å². The molecule has 3 rings (SSSR count). The van der Waals surface area contributed by atoms with E-state index in [2.05, 4.69) is 9.97 Å². The zero-order valence-corrected chi connectivity index (χ0v) is 12.9. The molecule has 0 spiro atoms. The van der Waals surface area contributed by atoms with Crippen LogP contribution in [0.2, 0.25) is 10.0 Å². The molecule has 1 aromatic heterocycles. The average molecular weight is 351 g/mol. The summed E-state index contributed by atoms with van der Waals surface area (Å²) in [6.45, 7) is 0. The minimum Gasteiger partial charge on any atom is -0.369 e. The van der Waals surface area contributed by atoms with Crippen LogP contribution in [0.1, 0.15) is 0 Å². The molecular weight excluding hydrogens is 343 g/mol. The SMILES string of the molecule is Nc1nc2ccc([N+](=O)[O-])c(-c3ccc(Cl)c(Cl)c3)c2c(=O)[nH]1. The number of hydrogen-bond acceptors (Lipinski definition) is 5. The van der Waals surface area contributed by atoms with E-state index in [4.69, 9.17) is 28.9 Å². The van der Waals surface area contributed by atoms with Gasteiger partial charge in [-0.1, -0.05) is 29.3 Å². The molecule has 0 aliphatic rings. The molecule has 0 bridgehead atoms. The molecule has 3 aromatic rings. The van der Waals surface area contributed by atoms with E-state index in [0.29, 0.717) is 10.6 Å². The molecule has 0 unspecified atom stereocenters. The number of nitro benzene ring substituents is 1. The number of hydrogen-bond donors (Lipinski definition) is 2. The van der Waals surface area contributed by atoms with Gasteiger partial charge >= 0.3 is 0 Å². The first-order valence-corrected chi connectivity index (χ1v) is 7.06.